The second kappa shape index (κ2) is 5.86. The molecular weight excluding hydrogens is 250 g/mol. The number of esters is 1. The van der Waals surface area contributed by atoms with Crippen LogP contribution in [-0.2, 0) is 14.3 Å². The van der Waals surface area contributed by atoms with E-state index >= 15 is 0 Å². The maximum atomic E-state index is 11.7. The summed E-state index contributed by atoms with van der Waals surface area (Å²) >= 11 is 0. The fourth-order valence-corrected chi connectivity index (χ4v) is 2.06. The first-order chi connectivity index (χ1) is 8.29. The average molecular weight is 269 g/mol. The third-order valence-corrected chi connectivity index (χ3v) is 4.18. The number of carboxylic acid groups (broad SMARTS) is 1. The fraction of sp³-hybridized carbons (Fsp3) is 0.500. The lowest BCUT2D eigenvalue weighted by Crippen LogP contribution is -2.26. The summed E-state index contributed by atoms with van der Waals surface area (Å²) in [5.74, 6) is -1.50. The molecule has 1 heterocycles. The largest absolute Gasteiger partial charge is 0.478 e. The maximum absolute atomic E-state index is 11.7. The minimum Gasteiger partial charge on any atom is -0.478 e. The summed E-state index contributed by atoms with van der Waals surface area (Å²) in [6.07, 6.45) is 2.73. The number of nitrogens with one attached hydrogen (secondary N) is 1. The Hall–Kier alpha value is -1.56. The van der Waals surface area contributed by atoms with E-state index in [1.807, 2.05) is 0 Å². The molecule has 0 unspecified atom stereocenters. The smallest absolute Gasteiger partial charge is 0.337 e. The summed E-state index contributed by atoms with van der Waals surface area (Å²) in [6, 6.07) is 0.904. The third kappa shape index (κ3) is 4.75. The molecule has 1 aliphatic heterocycles. The van der Waals surface area contributed by atoms with Crippen molar-refractivity contribution in [1.82, 2.24) is 5.32 Å². The number of dihydropyridines is 1. The van der Waals surface area contributed by atoms with Crippen LogP contribution in [0.25, 0.3) is 0 Å². The zero-order valence-corrected chi connectivity index (χ0v) is 11.9. The average Bonchev–Trinajstić information content (AvgIpc) is 2.27. The SMILES string of the molecule is C[Si](C)(C)CCOC(=O)C1=CC(C(=O)O)=CNC1. The lowest BCUT2D eigenvalue weighted by molar-refractivity contribution is -0.138. The second-order valence-corrected chi connectivity index (χ2v) is 11.0. The number of hydrogen-bond donors (Lipinski definition) is 2. The molecule has 1 rings (SSSR count). The number of hydrogen-bond acceptors (Lipinski definition) is 4. The Morgan fingerprint density at radius 2 is 2.11 bits per heavy atom. The highest BCUT2D eigenvalue weighted by Crippen LogP contribution is 2.11. The summed E-state index contributed by atoms with van der Waals surface area (Å²) in [5, 5.41) is 11.6. The lowest BCUT2D eigenvalue weighted by atomic mass is 10.1. The summed E-state index contributed by atoms with van der Waals surface area (Å²) < 4.78 is 5.15. The Morgan fingerprint density at radius 1 is 1.44 bits per heavy atom. The molecule has 0 bridgehead atoms. The quantitative estimate of drug-likeness (QED) is 0.582. The van der Waals surface area contributed by atoms with Crippen molar-refractivity contribution in [3.05, 3.63) is 23.4 Å². The van der Waals surface area contributed by atoms with Gasteiger partial charge < -0.3 is 15.2 Å². The molecular formula is C12H19NO4Si. The number of carboxylic acids is 1. The molecule has 0 radical (unpaired) electrons. The molecule has 0 amide bonds. The Kier molecular flexibility index (Phi) is 4.72. The van der Waals surface area contributed by atoms with E-state index in [0.29, 0.717) is 18.7 Å². The van der Waals surface area contributed by atoms with Gasteiger partial charge >= 0.3 is 11.9 Å². The zero-order valence-electron chi connectivity index (χ0n) is 10.9. The second-order valence-electron chi connectivity index (χ2n) is 5.40. The topological polar surface area (TPSA) is 75.6 Å². The molecule has 100 valence electrons. The van der Waals surface area contributed by atoms with Crippen molar-refractivity contribution < 1.29 is 19.4 Å². The summed E-state index contributed by atoms with van der Waals surface area (Å²) in [5.41, 5.74) is 0.420. The Labute approximate surface area is 108 Å². The molecule has 0 aromatic carbocycles. The van der Waals surface area contributed by atoms with Gasteiger partial charge in [0.2, 0.25) is 0 Å². The van der Waals surface area contributed by atoms with Gasteiger partial charge in [-0.2, -0.15) is 0 Å². The number of rotatable bonds is 5. The standard InChI is InChI=1S/C12H19NO4Si/c1-18(2,3)5-4-17-12(16)10-6-9(11(14)15)7-13-8-10/h6-7,13H,4-5,8H2,1-3H3,(H,14,15). The maximum Gasteiger partial charge on any atom is 0.337 e. The van der Waals surface area contributed by atoms with Crippen LogP contribution in [0.5, 0.6) is 0 Å². The molecule has 0 atom stereocenters. The molecule has 1 aliphatic rings. The van der Waals surface area contributed by atoms with Gasteiger partial charge in [0.05, 0.1) is 17.8 Å². The van der Waals surface area contributed by atoms with E-state index in [9.17, 15) is 9.59 Å². The first-order valence-electron chi connectivity index (χ1n) is 5.84. The molecule has 0 fully saturated rings. The van der Waals surface area contributed by atoms with Crippen molar-refractivity contribution in [2.75, 3.05) is 13.2 Å². The van der Waals surface area contributed by atoms with Gasteiger partial charge in [0.1, 0.15) is 0 Å². The van der Waals surface area contributed by atoms with E-state index < -0.39 is 20.0 Å². The van der Waals surface area contributed by atoms with Crippen molar-refractivity contribution in [3.8, 4) is 0 Å². The van der Waals surface area contributed by atoms with E-state index in [2.05, 4.69) is 25.0 Å². The molecule has 0 aliphatic carbocycles. The van der Waals surface area contributed by atoms with E-state index in [0.717, 1.165) is 6.04 Å². The minimum atomic E-state index is -1.22. The van der Waals surface area contributed by atoms with Crippen molar-refractivity contribution in [3.63, 3.8) is 0 Å². The highest BCUT2D eigenvalue weighted by atomic mass is 28.3. The first kappa shape index (κ1) is 14.5. The van der Waals surface area contributed by atoms with Gasteiger partial charge in [0.25, 0.3) is 0 Å². The molecule has 2 N–H and O–H groups in total. The Bertz CT molecular complexity index is 407. The Balaban J connectivity index is 2.52. The molecule has 0 saturated carbocycles. The number of ether oxygens (including phenoxy) is 1. The third-order valence-electron chi connectivity index (χ3n) is 2.47. The molecule has 0 spiro atoms. The van der Waals surface area contributed by atoms with E-state index in [1.54, 1.807) is 0 Å². The monoisotopic (exact) mass is 269 g/mol. The molecule has 0 aromatic heterocycles. The predicted molar refractivity (Wildman–Crippen MR) is 70.9 cm³/mol. The van der Waals surface area contributed by atoms with Crippen LogP contribution in [0, 0.1) is 0 Å². The van der Waals surface area contributed by atoms with Crippen LogP contribution in [0.3, 0.4) is 0 Å². The van der Waals surface area contributed by atoms with Crippen LogP contribution in [0.1, 0.15) is 0 Å². The van der Waals surface area contributed by atoms with Crippen molar-refractivity contribution in [2.24, 2.45) is 0 Å². The van der Waals surface area contributed by atoms with Crippen LogP contribution in [0.4, 0.5) is 0 Å². The van der Waals surface area contributed by atoms with Gasteiger partial charge in [0, 0.05) is 20.8 Å². The summed E-state index contributed by atoms with van der Waals surface area (Å²) in [4.78, 5) is 22.5. The van der Waals surface area contributed by atoms with Gasteiger partial charge in [-0.15, -0.1) is 0 Å². The highest BCUT2D eigenvalue weighted by molar-refractivity contribution is 6.76. The predicted octanol–water partition coefficient (Wildman–Crippen LogP) is 1.37. The first-order valence-corrected chi connectivity index (χ1v) is 9.55. The van der Waals surface area contributed by atoms with Gasteiger partial charge in [-0.25, -0.2) is 9.59 Å². The zero-order chi connectivity index (χ0) is 13.8. The molecule has 18 heavy (non-hydrogen) atoms. The Morgan fingerprint density at radius 3 is 2.67 bits per heavy atom. The highest BCUT2D eigenvalue weighted by Gasteiger charge is 2.19. The number of carbonyl (C=O) groups excluding carboxylic acids is 1. The number of aliphatic carboxylic acids is 1. The molecule has 0 saturated heterocycles. The van der Waals surface area contributed by atoms with Crippen LogP contribution in [-0.4, -0.2) is 38.3 Å². The number of carbonyl (C=O) groups is 2. The van der Waals surface area contributed by atoms with E-state index in [4.69, 9.17) is 9.84 Å². The minimum absolute atomic E-state index is 0.0680. The van der Waals surface area contributed by atoms with Gasteiger partial charge in [-0.05, 0) is 12.1 Å². The van der Waals surface area contributed by atoms with Crippen molar-refractivity contribution in [2.45, 2.75) is 25.7 Å². The van der Waals surface area contributed by atoms with E-state index in [1.165, 1.54) is 12.3 Å². The van der Waals surface area contributed by atoms with Crippen LogP contribution >= 0.6 is 0 Å². The van der Waals surface area contributed by atoms with Crippen LogP contribution in [0.15, 0.2) is 23.4 Å². The molecule has 5 nitrogen and oxygen atoms in total. The van der Waals surface area contributed by atoms with Crippen LogP contribution < -0.4 is 5.32 Å². The van der Waals surface area contributed by atoms with Crippen LogP contribution in [0.2, 0.25) is 25.7 Å². The van der Waals surface area contributed by atoms with E-state index in [-0.39, 0.29) is 5.57 Å². The lowest BCUT2D eigenvalue weighted by Gasteiger charge is -2.17. The van der Waals surface area contributed by atoms with Crippen molar-refractivity contribution >= 4 is 20.0 Å². The van der Waals surface area contributed by atoms with Gasteiger partial charge in [0.15, 0.2) is 0 Å². The van der Waals surface area contributed by atoms with Gasteiger partial charge in [-0.3, -0.25) is 0 Å². The summed E-state index contributed by atoms with van der Waals surface area (Å²) in [7, 11) is -1.22. The van der Waals surface area contributed by atoms with Crippen molar-refractivity contribution in [1.29, 1.82) is 0 Å². The van der Waals surface area contributed by atoms with Gasteiger partial charge in [-0.1, -0.05) is 19.6 Å². The molecule has 0 aromatic rings. The fourth-order valence-electron chi connectivity index (χ4n) is 1.35. The summed E-state index contributed by atoms with van der Waals surface area (Å²) in [6.45, 7) is 7.31. The normalized spacial score (nSPS) is 15.3. The molecule has 6 heteroatoms.